The molecule has 90 valence electrons. The van der Waals surface area contributed by atoms with Gasteiger partial charge in [0.1, 0.15) is 0 Å². The van der Waals surface area contributed by atoms with Gasteiger partial charge in [0.05, 0.1) is 28.0 Å². The number of benzene rings is 1. The molecule has 0 radical (unpaired) electrons. The van der Waals surface area contributed by atoms with Crippen molar-refractivity contribution in [1.82, 2.24) is 0 Å². The van der Waals surface area contributed by atoms with Crippen LogP contribution < -0.4 is 14.2 Å². The van der Waals surface area contributed by atoms with Crippen LogP contribution in [-0.4, -0.2) is 28.0 Å². The Balaban J connectivity index is 3.10. The minimum absolute atomic E-state index is 0.336. The van der Waals surface area contributed by atoms with Crippen molar-refractivity contribution in [1.29, 1.82) is 0 Å². The Hall–Kier alpha value is -1.45. The van der Waals surface area contributed by atoms with E-state index < -0.39 is 0 Å². The molecule has 0 aliphatic heterocycles. The molecule has 0 N–H and O–H groups in total. The first-order chi connectivity index (χ1) is 7.78. The predicted molar refractivity (Wildman–Crippen MR) is 60.4 cm³/mol. The van der Waals surface area contributed by atoms with Gasteiger partial charge in [-0.05, 0) is 24.5 Å². The van der Waals surface area contributed by atoms with Gasteiger partial charge < -0.3 is 14.2 Å². The Morgan fingerprint density at radius 1 is 1.00 bits per heavy atom. The van der Waals surface area contributed by atoms with Crippen molar-refractivity contribution in [2.75, 3.05) is 28.0 Å². The molecular weight excluding hydrogens is 211 g/mol. The molecule has 4 heteroatoms. The van der Waals surface area contributed by atoms with E-state index in [0.29, 0.717) is 30.1 Å². The third kappa shape index (κ3) is 2.56. The van der Waals surface area contributed by atoms with Gasteiger partial charge in [-0.2, -0.15) is 0 Å². The van der Waals surface area contributed by atoms with E-state index in [4.69, 9.17) is 14.2 Å². The Labute approximate surface area is 95.1 Å². The lowest BCUT2D eigenvalue weighted by Crippen LogP contribution is -1.99. The number of rotatable bonds is 6. The van der Waals surface area contributed by atoms with E-state index in [1.807, 2.05) is 6.07 Å². The van der Waals surface area contributed by atoms with Crippen molar-refractivity contribution in [2.45, 2.75) is 12.8 Å². The molecule has 1 aromatic rings. The normalized spacial score (nSPS) is 10.0. The van der Waals surface area contributed by atoms with Crippen LogP contribution in [0.15, 0.2) is 12.1 Å². The molecule has 0 amide bonds. The van der Waals surface area contributed by atoms with Crippen LogP contribution in [0.5, 0.6) is 17.2 Å². The lowest BCUT2D eigenvalue weighted by atomic mass is 10.1. The van der Waals surface area contributed by atoms with E-state index in [0.717, 1.165) is 5.56 Å². The lowest BCUT2D eigenvalue weighted by Gasteiger charge is -2.15. The number of halogens is 1. The summed E-state index contributed by atoms with van der Waals surface area (Å²) in [6, 6.07) is 3.67. The number of aryl methyl sites for hydroxylation is 1. The molecule has 1 rings (SSSR count). The second-order valence-electron chi connectivity index (χ2n) is 3.29. The Morgan fingerprint density at radius 2 is 1.69 bits per heavy atom. The largest absolute Gasteiger partial charge is 0.493 e. The fraction of sp³-hybridized carbons (Fsp3) is 0.500. The van der Waals surface area contributed by atoms with Crippen LogP contribution in [0, 0.1) is 0 Å². The molecule has 0 heterocycles. The van der Waals surface area contributed by atoms with Crippen molar-refractivity contribution < 1.29 is 18.6 Å². The van der Waals surface area contributed by atoms with Gasteiger partial charge in [-0.3, -0.25) is 4.39 Å². The average molecular weight is 228 g/mol. The van der Waals surface area contributed by atoms with E-state index in [2.05, 4.69) is 0 Å². The maximum atomic E-state index is 12.1. The van der Waals surface area contributed by atoms with Gasteiger partial charge >= 0.3 is 0 Å². The fourth-order valence-corrected chi connectivity index (χ4v) is 1.62. The van der Waals surface area contributed by atoms with Crippen LogP contribution in [0.2, 0.25) is 0 Å². The van der Waals surface area contributed by atoms with Gasteiger partial charge in [-0.25, -0.2) is 0 Å². The molecule has 0 aromatic heterocycles. The minimum Gasteiger partial charge on any atom is -0.493 e. The molecule has 0 saturated heterocycles. The zero-order valence-corrected chi connectivity index (χ0v) is 9.88. The molecule has 0 aliphatic carbocycles. The number of methoxy groups -OCH3 is 3. The highest BCUT2D eigenvalue weighted by atomic mass is 19.1. The van der Waals surface area contributed by atoms with Crippen molar-refractivity contribution in [3.8, 4) is 17.2 Å². The monoisotopic (exact) mass is 228 g/mol. The summed E-state index contributed by atoms with van der Waals surface area (Å²) in [5.74, 6) is 1.79. The summed E-state index contributed by atoms with van der Waals surface area (Å²) in [6.07, 6.45) is 1.10. The number of hydrogen-bond acceptors (Lipinski definition) is 3. The maximum absolute atomic E-state index is 12.1. The van der Waals surface area contributed by atoms with Crippen LogP contribution in [-0.2, 0) is 6.42 Å². The van der Waals surface area contributed by atoms with Crippen LogP contribution >= 0.6 is 0 Å². The van der Waals surface area contributed by atoms with Crippen molar-refractivity contribution >= 4 is 0 Å². The molecule has 0 bridgehead atoms. The minimum atomic E-state index is -0.336. The molecule has 0 spiro atoms. The standard InChI is InChI=1S/C12H17FO3/c1-14-10-7-6-9(5-4-8-13)11(15-2)12(10)16-3/h6-7H,4-5,8H2,1-3H3. The Bertz CT molecular complexity index is 339. The molecule has 16 heavy (non-hydrogen) atoms. The van der Waals surface area contributed by atoms with Crippen molar-refractivity contribution in [2.24, 2.45) is 0 Å². The zero-order chi connectivity index (χ0) is 12.0. The highest BCUT2D eigenvalue weighted by Gasteiger charge is 2.15. The lowest BCUT2D eigenvalue weighted by molar-refractivity contribution is 0.321. The fourth-order valence-electron chi connectivity index (χ4n) is 1.62. The third-order valence-corrected chi connectivity index (χ3v) is 2.37. The van der Waals surface area contributed by atoms with Gasteiger partial charge in [0.25, 0.3) is 0 Å². The van der Waals surface area contributed by atoms with Gasteiger partial charge in [-0.15, -0.1) is 0 Å². The molecule has 0 aliphatic rings. The van der Waals surface area contributed by atoms with E-state index in [-0.39, 0.29) is 6.67 Å². The maximum Gasteiger partial charge on any atom is 0.203 e. The summed E-state index contributed by atoms with van der Waals surface area (Å²) in [7, 11) is 4.69. The summed E-state index contributed by atoms with van der Waals surface area (Å²) in [4.78, 5) is 0. The van der Waals surface area contributed by atoms with Crippen LogP contribution in [0.4, 0.5) is 4.39 Å². The number of alkyl halides is 1. The second-order valence-corrected chi connectivity index (χ2v) is 3.29. The molecule has 0 saturated carbocycles. The summed E-state index contributed by atoms with van der Waals surface area (Å²) in [5.41, 5.74) is 0.929. The van der Waals surface area contributed by atoms with Crippen molar-refractivity contribution in [3.63, 3.8) is 0 Å². The van der Waals surface area contributed by atoms with Gasteiger partial charge in [0.2, 0.25) is 5.75 Å². The number of ether oxygens (including phenoxy) is 3. The predicted octanol–water partition coefficient (Wildman–Crippen LogP) is 2.61. The molecule has 0 atom stereocenters. The van der Waals surface area contributed by atoms with E-state index >= 15 is 0 Å². The van der Waals surface area contributed by atoms with Crippen LogP contribution in [0.3, 0.4) is 0 Å². The molecule has 3 nitrogen and oxygen atoms in total. The zero-order valence-electron chi connectivity index (χ0n) is 9.88. The highest BCUT2D eigenvalue weighted by Crippen LogP contribution is 2.40. The Morgan fingerprint density at radius 3 is 2.19 bits per heavy atom. The Kier molecular flexibility index (Phi) is 4.89. The second kappa shape index (κ2) is 6.20. The van der Waals surface area contributed by atoms with Gasteiger partial charge in [-0.1, -0.05) is 6.07 Å². The van der Waals surface area contributed by atoms with Crippen LogP contribution in [0.1, 0.15) is 12.0 Å². The quantitative estimate of drug-likeness (QED) is 0.749. The third-order valence-electron chi connectivity index (χ3n) is 2.37. The summed E-state index contributed by atoms with van der Waals surface area (Å²) < 4.78 is 27.8. The summed E-state index contributed by atoms with van der Waals surface area (Å²) in [6.45, 7) is -0.336. The highest BCUT2D eigenvalue weighted by molar-refractivity contribution is 5.55. The van der Waals surface area contributed by atoms with E-state index in [1.165, 1.54) is 0 Å². The van der Waals surface area contributed by atoms with E-state index in [1.54, 1.807) is 27.4 Å². The molecular formula is C12H17FO3. The topological polar surface area (TPSA) is 27.7 Å². The average Bonchev–Trinajstić information content (AvgIpc) is 2.34. The summed E-state index contributed by atoms with van der Waals surface area (Å²) >= 11 is 0. The molecule has 0 fully saturated rings. The van der Waals surface area contributed by atoms with Gasteiger partial charge in [0.15, 0.2) is 11.5 Å². The molecule has 0 unspecified atom stereocenters. The van der Waals surface area contributed by atoms with E-state index in [9.17, 15) is 4.39 Å². The van der Waals surface area contributed by atoms with Crippen LogP contribution in [0.25, 0.3) is 0 Å². The molecule has 1 aromatic carbocycles. The number of hydrogen-bond donors (Lipinski definition) is 0. The first kappa shape index (κ1) is 12.6. The van der Waals surface area contributed by atoms with Gasteiger partial charge in [0, 0.05) is 0 Å². The van der Waals surface area contributed by atoms with Crippen molar-refractivity contribution in [3.05, 3.63) is 17.7 Å². The summed E-state index contributed by atoms with van der Waals surface area (Å²) in [5, 5.41) is 0. The first-order valence-corrected chi connectivity index (χ1v) is 5.12. The first-order valence-electron chi connectivity index (χ1n) is 5.12. The SMILES string of the molecule is COc1ccc(CCCF)c(OC)c1OC. The smallest absolute Gasteiger partial charge is 0.203 e.